The molecule has 8 nitrogen and oxygen atoms in total. The minimum atomic E-state index is -0.355. The van der Waals surface area contributed by atoms with Crippen molar-refractivity contribution in [3.8, 4) is 0 Å². The van der Waals surface area contributed by atoms with Gasteiger partial charge in [0.1, 0.15) is 0 Å². The Hall–Kier alpha value is -4.07. The van der Waals surface area contributed by atoms with Gasteiger partial charge in [-0.15, -0.1) is 0 Å². The van der Waals surface area contributed by atoms with Gasteiger partial charge in [0.05, 0.1) is 12.2 Å². The predicted octanol–water partition coefficient (Wildman–Crippen LogP) is 4.70. The van der Waals surface area contributed by atoms with Crippen molar-refractivity contribution < 1.29 is 9.53 Å². The SMILES string of the molecule is CCOC(=O)c1ccc(Nc2nc(Nc3ccc(C)c(C)c3)c3nccnc3n2)cc1. The fraction of sp³-hybridized carbons (Fsp3) is 0.174. The summed E-state index contributed by atoms with van der Waals surface area (Å²) in [7, 11) is 0. The second-order valence-electron chi connectivity index (χ2n) is 6.97. The van der Waals surface area contributed by atoms with E-state index in [2.05, 4.69) is 56.5 Å². The van der Waals surface area contributed by atoms with Gasteiger partial charge in [0.15, 0.2) is 17.0 Å². The largest absolute Gasteiger partial charge is 0.462 e. The molecular formula is C23H22N6O2. The zero-order valence-corrected chi connectivity index (χ0v) is 17.5. The number of hydrogen-bond donors (Lipinski definition) is 2. The Labute approximate surface area is 179 Å². The molecule has 0 saturated carbocycles. The van der Waals surface area contributed by atoms with Gasteiger partial charge in [-0.05, 0) is 68.3 Å². The van der Waals surface area contributed by atoms with Gasteiger partial charge in [-0.1, -0.05) is 6.07 Å². The topological polar surface area (TPSA) is 102 Å². The van der Waals surface area contributed by atoms with Crippen LogP contribution in [-0.4, -0.2) is 32.5 Å². The van der Waals surface area contributed by atoms with E-state index in [1.54, 1.807) is 43.6 Å². The van der Waals surface area contributed by atoms with Gasteiger partial charge in [-0.3, -0.25) is 0 Å². The average Bonchev–Trinajstić information content (AvgIpc) is 2.77. The van der Waals surface area contributed by atoms with Crippen molar-refractivity contribution >= 4 is 40.3 Å². The van der Waals surface area contributed by atoms with Crippen LogP contribution in [0.15, 0.2) is 54.9 Å². The summed E-state index contributed by atoms with van der Waals surface area (Å²) in [5, 5.41) is 6.48. The number of benzene rings is 2. The molecule has 2 aromatic heterocycles. The minimum Gasteiger partial charge on any atom is -0.462 e. The number of anilines is 4. The summed E-state index contributed by atoms with van der Waals surface area (Å²) in [4.78, 5) is 29.6. The molecule has 2 aromatic carbocycles. The molecule has 0 unspecified atom stereocenters. The second kappa shape index (κ2) is 8.74. The summed E-state index contributed by atoms with van der Waals surface area (Å²) in [6.45, 7) is 6.24. The molecule has 0 saturated heterocycles. The van der Waals surface area contributed by atoms with Gasteiger partial charge in [-0.25, -0.2) is 14.8 Å². The number of nitrogens with one attached hydrogen (secondary N) is 2. The van der Waals surface area contributed by atoms with Gasteiger partial charge in [0.25, 0.3) is 0 Å². The predicted molar refractivity (Wildman–Crippen MR) is 120 cm³/mol. The molecule has 4 aromatic rings. The van der Waals surface area contributed by atoms with Gasteiger partial charge < -0.3 is 15.4 Å². The van der Waals surface area contributed by atoms with Crippen LogP contribution >= 0.6 is 0 Å². The molecule has 0 radical (unpaired) electrons. The summed E-state index contributed by atoms with van der Waals surface area (Å²) < 4.78 is 5.01. The molecule has 2 N–H and O–H groups in total. The monoisotopic (exact) mass is 414 g/mol. The second-order valence-corrected chi connectivity index (χ2v) is 6.97. The summed E-state index contributed by atoms with van der Waals surface area (Å²) in [6, 6.07) is 13.0. The summed E-state index contributed by atoms with van der Waals surface area (Å²) >= 11 is 0. The fourth-order valence-corrected chi connectivity index (χ4v) is 3.00. The normalized spacial score (nSPS) is 10.7. The lowest BCUT2D eigenvalue weighted by atomic mass is 10.1. The highest BCUT2D eigenvalue weighted by molar-refractivity contribution is 5.90. The van der Waals surface area contributed by atoms with Crippen LogP contribution in [0.3, 0.4) is 0 Å². The van der Waals surface area contributed by atoms with E-state index < -0.39 is 0 Å². The number of ether oxygens (including phenoxy) is 1. The van der Waals surface area contributed by atoms with Crippen LogP contribution in [0.1, 0.15) is 28.4 Å². The van der Waals surface area contributed by atoms with Crippen LogP contribution in [0.25, 0.3) is 11.2 Å². The van der Waals surface area contributed by atoms with Crippen molar-refractivity contribution in [2.45, 2.75) is 20.8 Å². The van der Waals surface area contributed by atoms with Crippen LogP contribution in [-0.2, 0) is 4.74 Å². The van der Waals surface area contributed by atoms with Crippen LogP contribution in [0.2, 0.25) is 0 Å². The Bertz CT molecular complexity index is 1240. The molecule has 0 aliphatic heterocycles. The maximum absolute atomic E-state index is 11.8. The van der Waals surface area contributed by atoms with Gasteiger partial charge in [0.2, 0.25) is 5.95 Å². The van der Waals surface area contributed by atoms with Crippen LogP contribution in [0.4, 0.5) is 23.1 Å². The fourth-order valence-electron chi connectivity index (χ4n) is 3.00. The molecule has 4 rings (SSSR count). The summed E-state index contributed by atoms with van der Waals surface area (Å²) in [5.74, 6) is 0.557. The maximum atomic E-state index is 11.8. The van der Waals surface area contributed by atoms with Crippen LogP contribution < -0.4 is 10.6 Å². The first-order valence-corrected chi connectivity index (χ1v) is 9.90. The summed E-state index contributed by atoms with van der Waals surface area (Å²) in [5.41, 5.74) is 5.54. The quantitative estimate of drug-likeness (QED) is 0.438. The highest BCUT2D eigenvalue weighted by Gasteiger charge is 2.12. The lowest BCUT2D eigenvalue weighted by Crippen LogP contribution is -2.06. The molecule has 156 valence electrons. The van der Waals surface area contributed by atoms with Crippen molar-refractivity contribution in [3.05, 3.63) is 71.5 Å². The first kappa shape index (κ1) is 20.2. The lowest BCUT2D eigenvalue weighted by molar-refractivity contribution is 0.0526. The zero-order chi connectivity index (χ0) is 21.8. The number of fused-ring (bicyclic) bond motifs is 1. The van der Waals surface area contributed by atoms with Crippen molar-refractivity contribution in [2.75, 3.05) is 17.2 Å². The average molecular weight is 414 g/mol. The van der Waals surface area contributed by atoms with Crippen molar-refractivity contribution in [1.82, 2.24) is 19.9 Å². The molecule has 0 amide bonds. The molecular weight excluding hydrogens is 392 g/mol. The van der Waals surface area contributed by atoms with Crippen LogP contribution in [0, 0.1) is 13.8 Å². The number of aromatic nitrogens is 4. The molecule has 0 aliphatic carbocycles. The molecule has 2 heterocycles. The van der Waals surface area contributed by atoms with E-state index >= 15 is 0 Å². The van der Waals surface area contributed by atoms with E-state index in [-0.39, 0.29) is 5.97 Å². The third kappa shape index (κ3) is 4.58. The van der Waals surface area contributed by atoms with Crippen molar-refractivity contribution in [2.24, 2.45) is 0 Å². The van der Waals surface area contributed by atoms with Crippen LogP contribution in [0.5, 0.6) is 0 Å². The first-order chi connectivity index (χ1) is 15.0. The Morgan fingerprint density at radius 3 is 2.39 bits per heavy atom. The Morgan fingerprint density at radius 1 is 0.903 bits per heavy atom. The number of carbonyl (C=O) groups excluding carboxylic acids is 1. The number of aryl methyl sites for hydroxylation is 2. The molecule has 0 aliphatic rings. The highest BCUT2D eigenvalue weighted by Crippen LogP contribution is 2.25. The minimum absolute atomic E-state index is 0.334. The molecule has 0 atom stereocenters. The van der Waals surface area contributed by atoms with E-state index in [1.165, 1.54) is 11.1 Å². The smallest absolute Gasteiger partial charge is 0.338 e. The van der Waals surface area contributed by atoms with E-state index in [0.717, 1.165) is 11.4 Å². The van der Waals surface area contributed by atoms with Crippen molar-refractivity contribution in [1.29, 1.82) is 0 Å². The summed E-state index contributed by atoms with van der Waals surface area (Å²) in [6.07, 6.45) is 3.20. The van der Waals surface area contributed by atoms with Gasteiger partial charge >= 0.3 is 5.97 Å². The van der Waals surface area contributed by atoms with Gasteiger partial charge in [0, 0.05) is 23.8 Å². The third-order valence-electron chi connectivity index (χ3n) is 4.75. The zero-order valence-electron chi connectivity index (χ0n) is 17.5. The standard InChI is InChI=1S/C23H22N6O2/c1-4-31-22(30)16-6-9-17(10-7-16)27-23-28-20-19(24-11-12-25-20)21(29-23)26-18-8-5-14(2)15(3)13-18/h5-13H,4H2,1-3H3,(H2,25,26,27,28,29). The lowest BCUT2D eigenvalue weighted by Gasteiger charge is -2.12. The maximum Gasteiger partial charge on any atom is 0.338 e. The van der Waals surface area contributed by atoms with E-state index in [9.17, 15) is 4.79 Å². The van der Waals surface area contributed by atoms with E-state index in [0.29, 0.717) is 35.1 Å². The number of nitrogens with zero attached hydrogens (tertiary/aromatic N) is 4. The number of rotatable bonds is 6. The highest BCUT2D eigenvalue weighted by atomic mass is 16.5. The molecule has 8 heteroatoms. The number of hydrogen-bond acceptors (Lipinski definition) is 8. The van der Waals surface area contributed by atoms with Gasteiger partial charge in [-0.2, -0.15) is 9.97 Å². The Balaban J connectivity index is 1.64. The Morgan fingerprint density at radius 2 is 1.65 bits per heavy atom. The number of carbonyl (C=O) groups is 1. The van der Waals surface area contributed by atoms with E-state index in [4.69, 9.17) is 4.74 Å². The molecule has 0 fully saturated rings. The molecule has 31 heavy (non-hydrogen) atoms. The van der Waals surface area contributed by atoms with E-state index in [1.807, 2.05) is 6.07 Å². The third-order valence-corrected chi connectivity index (χ3v) is 4.75. The molecule has 0 spiro atoms. The first-order valence-electron chi connectivity index (χ1n) is 9.90. The molecule has 0 bridgehead atoms. The number of esters is 1. The van der Waals surface area contributed by atoms with Crippen molar-refractivity contribution in [3.63, 3.8) is 0 Å². The Kier molecular flexibility index (Phi) is 5.70.